The van der Waals surface area contributed by atoms with Gasteiger partial charge >= 0.3 is 29.6 Å². The van der Waals surface area contributed by atoms with Gasteiger partial charge in [-0.25, -0.2) is 0 Å². The minimum absolute atomic E-state index is 0. The third kappa shape index (κ3) is 19.9. The van der Waals surface area contributed by atoms with Crippen LogP contribution in [-0.4, -0.2) is 12.1 Å². The van der Waals surface area contributed by atoms with Crippen LogP contribution in [0, 0.1) is 0 Å². The Hall–Kier alpha value is -0.0600. The van der Waals surface area contributed by atoms with Gasteiger partial charge in [0.1, 0.15) is 0 Å². The molecule has 0 bridgehead atoms. The number of carbonyl (C=O) groups is 2. The monoisotopic (exact) mass is 322 g/mol. The first-order valence-electron chi connectivity index (χ1n) is 8.58. The maximum Gasteiger partial charge on any atom is 1.00 e. The Morgan fingerprint density at radius 2 is 1.09 bits per heavy atom. The molecule has 0 rings (SSSR count). The number of ether oxygens (including phenoxy) is 1. The number of carbonyl (C=O) groups excluding carboxylic acids is 2. The SMILES string of the molecule is CCCCCCCCCCCCCCCC(=O)OC(=O)[O-].[Na+]. The normalized spacial score (nSPS) is 10.0. The van der Waals surface area contributed by atoms with Crippen LogP contribution >= 0.6 is 0 Å². The summed E-state index contributed by atoms with van der Waals surface area (Å²) in [6.45, 7) is 2.24. The van der Waals surface area contributed by atoms with Crippen LogP contribution in [0.25, 0.3) is 0 Å². The zero-order valence-corrected chi connectivity index (χ0v) is 16.5. The van der Waals surface area contributed by atoms with Crippen LogP contribution in [0.2, 0.25) is 0 Å². The van der Waals surface area contributed by atoms with E-state index in [-0.39, 0.29) is 36.0 Å². The number of unbranched alkanes of at least 4 members (excludes halogenated alkanes) is 12. The van der Waals surface area contributed by atoms with Crippen molar-refractivity contribution >= 4 is 12.1 Å². The minimum Gasteiger partial charge on any atom is -0.484 e. The summed E-state index contributed by atoms with van der Waals surface area (Å²) >= 11 is 0. The molecule has 0 aromatic carbocycles. The Balaban J connectivity index is 0. The second kappa shape index (κ2) is 19.0. The molecule has 0 N–H and O–H groups in total. The van der Waals surface area contributed by atoms with Crippen molar-refractivity contribution in [2.45, 2.75) is 96.8 Å². The van der Waals surface area contributed by atoms with Crippen LogP contribution in [0.1, 0.15) is 96.8 Å². The van der Waals surface area contributed by atoms with E-state index in [1.807, 2.05) is 0 Å². The van der Waals surface area contributed by atoms with Crippen LogP contribution in [0.5, 0.6) is 0 Å². The molecule has 0 aliphatic rings. The molecule has 0 aliphatic heterocycles. The summed E-state index contributed by atoms with van der Waals surface area (Å²) in [7, 11) is 0. The fourth-order valence-corrected chi connectivity index (χ4v) is 2.43. The molecule has 0 heterocycles. The van der Waals surface area contributed by atoms with Gasteiger partial charge in [0.15, 0.2) is 0 Å². The smallest absolute Gasteiger partial charge is 0.484 e. The number of hydrogen-bond donors (Lipinski definition) is 0. The molecule has 124 valence electrons. The first kappa shape index (κ1) is 24.2. The largest absolute Gasteiger partial charge is 1.00 e. The molecular weight excluding hydrogens is 291 g/mol. The predicted octanol–water partition coefficient (Wildman–Crippen LogP) is 1.36. The summed E-state index contributed by atoms with van der Waals surface area (Å²) in [6.07, 6.45) is 14.5. The Morgan fingerprint density at radius 3 is 1.45 bits per heavy atom. The van der Waals surface area contributed by atoms with Crippen LogP contribution in [0.4, 0.5) is 4.79 Å². The molecule has 5 heteroatoms. The Labute approximate surface area is 157 Å². The molecule has 0 fully saturated rings. The van der Waals surface area contributed by atoms with E-state index in [1.165, 1.54) is 64.2 Å². The van der Waals surface area contributed by atoms with Gasteiger partial charge in [-0.3, -0.25) is 4.79 Å². The van der Waals surface area contributed by atoms with Gasteiger partial charge in [0.25, 0.3) is 6.16 Å². The molecule has 0 amide bonds. The number of esters is 1. The summed E-state index contributed by atoms with van der Waals surface area (Å²) in [5, 5.41) is 9.99. The van der Waals surface area contributed by atoms with Gasteiger partial charge in [-0.1, -0.05) is 84.0 Å². The van der Waals surface area contributed by atoms with E-state index in [1.54, 1.807) is 0 Å². The Kier molecular flexibility index (Phi) is 20.9. The van der Waals surface area contributed by atoms with Gasteiger partial charge in [0.2, 0.25) is 5.97 Å². The summed E-state index contributed by atoms with van der Waals surface area (Å²) < 4.78 is 3.92. The van der Waals surface area contributed by atoms with E-state index in [0.29, 0.717) is 6.42 Å². The van der Waals surface area contributed by atoms with Crippen molar-refractivity contribution in [1.29, 1.82) is 0 Å². The average Bonchev–Trinajstić information content (AvgIpc) is 2.43. The topological polar surface area (TPSA) is 66.4 Å². The third-order valence-corrected chi connectivity index (χ3v) is 3.68. The molecule has 0 saturated heterocycles. The van der Waals surface area contributed by atoms with Crippen molar-refractivity contribution in [3.8, 4) is 0 Å². The molecule has 0 aromatic rings. The van der Waals surface area contributed by atoms with Crippen molar-refractivity contribution in [2.75, 3.05) is 0 Å². The van der Waals surface area contributed by atoms with Crippen molar-refractivity contribution < 1.29 is 49.0 Å². The fourth-order valence-electron chi connectivity index (χ4n) is 2.43. The van der Waals surface area contributed by atoms with Crippen LogP contribution in [0.15, 0.2) is 0 Å². The molecular formula is C17H31NaO4. The predicted molar refractivity (Wildman–Crippen MR) is 81.8 cm³/mol. The van der Waals surface area contributed by atoms with Gasteiger partial charge in [0.05, 0.1) is 0 Å². The van der Waals surface area contributed by atoms with Gasteiger partial charge in [-0.2, -0.15) is 0 Å². The summed E-state index contributed by atoms with van der Waals surface area (Å²) in [5.41, 5.74) is 0. The molecule has 4 nitrogen and oxygen atoms in total. The summed E-state index contributed by atoms with van der Waals surface area (Å²) in [6, 6.07) is 0. The summed E-state index contributed by atoms with van der Waals surface area (Å²) in [5.74, 6) is -0.696. The van der Waals surface area contributed by atoms with Crippen LogP contribution in [-0.2, 0) is 9.53 Å². The van der Waals surface area contributed by atoms with Crippen molar-refractivity contribution in [3.63, 3.8) is 0 Å². The molecule has 0 spiro atoms. The Morgan fingerprint density at radius 1 is 0.727 bits per heavy atom. The minimum atomic E-state index is -1.75. The first-order valence-corrected chi connectivity index (χ1v) is 8.58. The molecule has 0 aromatic heterocycles. The zero-order chi connectivity index (χ0) is 15.8. The maximum absolute atomic E-state index is 10.9. The van der Waals surface area contributed by atoms with Crippen molar-refractivity contribution in [1.82, 2.24) is 0 Å². The maximum atomic E-state index is 10.9. The molecule has 0 unspecified atom stereocenters. The van der Waals surface area contributed by atoms with Crippen LogP contribution < -0.4 is 34.7 Å². The number of rotatable bonds is 14. The van der Waals surface area contributed by atoms with E-state index in [4.69, 9.17) is 0 Å². The molecule has 0 radical (unpaired) electrons. The standard InChI is InChI=1S/C17H32O4.Na/c1-2-3-4-5-6-7-8-9-10-11-12-13-14-15-16(18)21-17(19)20;/h2-15H2,1H3,(H,19,20);/q;+1/p-1. The average molecular weight is 322 g/mol. The molecule has 0 aliphatic carbocycles. The van der Waals surface area contributed by atoms with Crippen LogP contribution in [0.3, 0.4) is 0 Å². The van der Waals surface area contributed by atoms with E-state index in [0.717, 1.165) is 12.8 Å². The zero-order valence-electron chi connectivity index (χ0n) is 14.5. The quantitative estimate of drug-likeness (QED) is 0.210. The third-order valence-electron chi connectivity index (χ3n) is 3.68. The van der Waals surface area contributed by atoms with Gasteiger partial charge in [-0.15, -0.1) is 0 Å². The number of carboxylic acid groups (broad SMARTS) is 1. The second-order valence-electron chi connectivity index (χ2n) is 5.72. The van der Waals surface area contributed by atoms with E-state index in [9.17, 15) is 14.7 Å². The van der Waals surface area contributed by atoms with Crippen molar-refractivity contribution in [2.24, 2.45) is 0 Å². The van der Waals surface area contributed by atoms with Gasteiger partial charge < -0.3 is 14.6 Å². The van der Waals surface area contributed by atoms with E-state index >= 15 is 0 Å². The second-order valence-corrected chi connectivity index (χ2v) is 5.72. The van der Waals surface area contributed by atoms with E-state index in [2.05, 4.69) is 11.7 Å². The van der Waals surface area contributed by atoms with Crippen molar-refractivity contribution in [3.05, 3.63) is 0 Å². The number of hydrogen-bond acceptors (Lipinski definition) is 4. The van der Waals surface area contributed by atoms with Gasteiger partial charge in [0, 0.05) is 6.42 Å². The van der Waals surface area contributed by atoms with Gasteiger partial charge in [-0.05, 0) is 6.42 Å². The van der Waals surface area contributed by atoms with E-state index < -0.39 is 12.1 Å². The molecule has 0 saturated carbocycles. The summed E-state index contributed by atoms with van der Waals surface area (Å²) in [4.78, 5) is 20.9. The fraction of sp³-hybridized carbons (Fsp3) is 0.882. The first-order chi connectivity index (χ1) is 10.2. The molecule has 22 heavy (non-hydrogen) atoms. The molecule has 0 atom stereocenters. The Bertz CT molecular complexity index is 269.